The fourth-order valence-electron chi connectivity index (χ4n) is 1.32. The number of carbonyl (C=O) groups excluding carboxylic acids is 1. The molecule has 0 aromatic heterocycles. The van der Waals surface area contributed by atoms with E-state index in [0.717, 1.165) is 0 Å². The molecule has 96 valence electrons. The molecule has 3 nitrogen and oxygen atoms in total. The summed E-state index contributed by atoms with van der Waals surface area (Å²) in [6.45, 7) is 4.69. The molecule has 0 bridgehead atoms. The molecule has 0 spiro atoms. The zero-order valence-corrected chi connectivity index (χ0v) is 10.6. The molecule has 0 radical (unpaired) electrons. The SMILES string of the molecule is CC(C)CNC(=O)c1ccc(C#CCN)cc1F. The summed E-state index contributed by atoms with van der Waals surface area (Å²) in [5.74, 6) is 4.70. The standard InChI is InChI=1S/C14H17FN2O/c1-10(2)9-17-14(18)12-6-5-11(4-3-7-16)8-13(12)15/h5-6,8,10H,7,9,16H2,1-2H3,(H,17,18). The van der Waals surface area contributed by atoms with Crippen molar-refractivity contribution in [3.63, 3.8) is 0 Å². The van der Waals surface area contributed by atoms with Crippen molar-refractivity contribution >= 4 is 5.91 Å². The molecule has 0 aliphatic rings. The smallest absolute Gasteiger partial charge is 0.254 e. The molecule has 0 heterocycles. The molecule has 1 aromatic carbocycles. The Balaban J connectivity index is 2.82. The Bertz CT molecular complexity index is 486. The number of carbonyl (C=O) groups is 1. The van der Waals surface area contributed by atoms with Gasteiger partial charge >= 0.3 is 0 Å². The largest absolute Gasteiger partial charge is 0.352 e. The van der Waals surface area contributed by atoms with Gasteiger partial charge < -0.3 is 11.1 Å². The fraction of sp³-hybridized carbons (Fsp3) is 0.357. The van der Waals surface area contributed by atoms with Crippen LogP contribution in [0.1, 0.15) is 29.8 Å². The van der Waals surface area contributed by atoms with Crippen LogP contribution in [0.25, 0.3) is 0 Å². The lowest BCUT2D eigenvalue weighted by Crippen LogP contribution is -2.28. The third-order valence-corrected chi connectivity index (χ3v) is 2.22. The first-order valence-electron chi connectivity index (χ1n) is 5.81. The molecule has 0 unspecified atom stereocenters. The summed E-state index contributed by atoms with van der Waals surface area (Å²) >= 11 is 0. The fourth-order valence-corrected chi connectivity index (χ4v) is 1.32. The molecular weight excluding hydrogens is 231 g/mol. The number of hydrogen-bond acceptors (Lipinski definition) is 2. The van der Waals surface area contributed by atoms with Gasteiger partial charge in [-0.05, 0) is 24.1 Å². The zero-order valence-electron chi connectivity index (χ0n) is 10.6. The Morgan fingerprint density at radius 1 is 1.50 bits per heavy atom. The molecule has 0 fully saturated rings. The van der Waals surface area contributed by atoms with Gasteiger partial charge in [0, 0.05) is 12.1 Å². The van der Waals surface area contributed by atoms with Gasteiger partial charge in [-0.1, -0.05) is 25.7 Å². The van der Waals surface area contributed by atoms with Crippen LogP contribution in [0.3, 0.4) is 0 Å². The van der Waals surface area contributed by atoms with Crippen molar-refractivity contribution in [2.45, 2.75) is 13.8 Å². The summed E-state index contributed by atoms with van der Waals surface area (Å²) in [7, 11) is 0. The lowest BCUT2D eigenvalue weighted by atomic mass is 10.1. The highest BCUT2D eigenvalue weighted by atomic mass is 19.1. The summed E-state index contributed by atoms with van der Waals surface area (Å²) in [6.07, 6.45) is 0. The molecule has 0 saturated carbocycles. The lowest BCUT2D eigenvalue weighted by molar-refractivity contribution is 0.0945. The van der Waals surface area contributed by atoms with E-state index in [1.165, 1.54) is 12.1 Å². The summed E-state index contributed by atoms with van der Waals surface area (Å²) < 4.78 is 13.7. The quantitative estimate of drug-likeness (QED) is 0.797. The second-order valence-corrected chi connectivity index (χ2v) is 4.30. The van der Waals surface area contributed by atoms with Crippen molar-refractivity contribution in [3.8, 4) is 11.8 Å². The minimum Gasteiger partial charge on any atom is -0.352 e. The van der Waals surface area contributed by atoms with Crippen molar-refractivity contribution in [2.75, 3.05) is 13.1 Å². The van der Waals surface area contributed by atoms with Crippen molar-refractivity contribution < 1.29 is 9.18 Å². The molecule has 1 aromatic rings. The summed E-state index contributed by atoms with van der Waals surface area (Å²) in [4.78, 5) is 11.7. The van der Waals surface area contributed by atoms with Crippen LogP contribution in [0.2, 0.25) is 0 Å². The second kappa shape index (κ2) is 6.77. The molecule has 4 heteroatoms. The Hall–Kier alpha value is -1.86. The molecule has 0 atom stereocenters. The highest BCUT2D eigenvalue weighted by molar-refractivity contribution is 5.94. The molecule has 1 amide bonds. The normalized spacial score (nSPS) is 9.83. The van der Waals surface area contributed by atoms with E-state index in [4.69, 9.17) is 5.73 Å². The van der Waals surface area contributed by atoms with Gasteiger partial charge in [-0.15, -0.1) is 0 Å². The van der Waals surface area contributed by atoms with E-state index in [-0.39, 0.29) is 12.1 Å². The Labute approximate surface area is 107 Å². The summed E-state index contributed by atoms with van der Waals surface area (Å²) in [5.41, 5.74) is 5.78. The van der Waals surface area contributed by atoms with Crippen molar-refractivity contribution in [3.05, 3.63) is 35.1 Å². The first-order chi connectivity index (χ1) is 8.54. The van der Waals surface area contributed by atoms with Crippen LogP contribution < -0.4 is 11.1 Å². The summed E-state index contributed by atoms with van der Waals surface area (Å²) in [6, 6.07) is 4.29. The van der Waals surface area contributed by atoms with Crippen LogP contribution in [0.4, 0.5) is 4.39 Å². The van der Waals surface area contributed by atoms with E-state index in [1.54, 1.807) is 6.07 Å². The van der Waals surface area contributed by atoms with Crippen LogP contribution in [-0.2, 0) is 0 Å². The van der Waals surface area contributed by atoms with Gasteiger partial charge in [0.05, 0.1) is 12.1 Å². The van der Waals surface area contributed by atoms with E-state index < -0.39 is 11.7 Å². The number of rotatable bonds is 3. The number of halogens is 1. The predicted molar refractivity (Wildman–Crippen MR) is 69.5 cm³/mol. The molecule has 0 saturated heterocycles. The van der Waals surface area contributed by atoms with Gasteiger partial charge in [0.2, 0.25) is 0 Å². The van der Waals surface area contributed by atoms with E-state index in [0.29, 0.717) is 18.0 Å². The number of nitrogens with two attached hydrogens (primary N) is 1. The van der Waals surface area contributed by atoms with Gasteiger partial charge in [0.15, 0.2) is 0 Å². The van der Waals surface area contributed by atoms with Crippen molar-refractivity contribution in [1.82, 2.24) is 5.32 Å². The lowest BCUT2D eigenvalue weighted by Gasteiger charge is -2.08. The highest BCUT2D eigenvalue weighted by Gasteiger charge is 2.11. The Kier molecular flexibility index (Phi) is 5.34. The van der Waals surface area contributed by atoms with E-state index in [2.05, 4.69) is 17.2 Å². The van der Waals surface area contributed by atoms with Gasteiger partial charge in [-0.3, -0.25) is 4.79 Å². The molecule has 0 aliphatic heterocycles. The number of nitrogens with one attached hydrogen (secondary N) is 1. The van der Waals surface area contributed by atoms with Gasteiger partial charge in [0.1, 0.15) is 5.82 Å². The van der Waals surface area contributed by atoms with Crippen molar-refractivity contribution in [2.24, 2.45) is 11.7 Å². The van der Waals surface area contributed by atoms with E-state index in [1.807, 2.05) is 13.8 Å². The third-order valence-electron chi connectivity index (χ3n) is 2.22. The molecular formula is C14H17FN2O. The minimum absolute atomic E-state index is 0.0361. The van der Waals surface area contributed by atoms with Crippen LogP contribution in [0, 0.1) is 23.6 Å². The van der Waals surface area contributed by atoms with Crippen LogP contribution in [0.5, 0.6) is 0 Å². The third kappa shape index (κ3) is 4.19. The number of amides is 1. The average molecular weight is 248 g/mol. The topological polar surface area (TPSA) is 55.1 Å². The summed E-state index contributed by atoms with van der Waals surface area (Å²) in [5, 5.41) is 2.67. The minimum atomic E-state index is -0.569. The van der Waals surface area contributed by atoms with E-state index >= 15 is 0 Å². The zero-order chi connectivity index (χ0) is 13.5. The molecule has 18 heavy (non-hydrogen) atoms. The van der Waals surface area contributed by atoms with E-state index in [9.17, 15) is 9.18 Å². The molecule has 0 aliphatic carbocycles. The number of hydrogen-bond donors (Lipinski definition) is 2. The van der Waals surface area contributed by atoms with Gasteiger partial charge in [0.25, 0.3) is 5.91 Å². The molecule has 3 N–H and O–H groups in total. The van der Waals surface area contributed by atoms with Crippen molar-refractivity contribution in [1.29, 1.82) is 0 Å². The Morgan fingerprint density at radius 3 is 2.78 bits per heavy atom. The first-order valence-corrected chi connectivity index (χ1v) is 5.81. The maximum absolute atomic E-state index is 13.7. The van der Waals surface area contributed by atoms with Crippen LogP contribution >= 0.6 is 0 Å². The maximum atomic E-state index is 13.7. The van der Waals surface area contributed by atoms with Crippen LogP contribution in [0.15, 0.2) is 18.2 Å². The predicted octanol–water partition coefficient (Wildman–Crippen LogP) is 1.52. The van der Waals surface area contributed by atoms with Gasteiger partial charge in [-0.2, -0.15) is 0 Å². The average Bonchev–Trinajstić information content (AvgIpc) is 2.33. The maximum Gasteiger partial charge on any atom is 0.254 e. The molecule has 1 rings (SSSR count). The van der Waals surface area contributed by atoms with Gasteiger partial charge in [-0.25, -0.2) is 4.39 Å². The monoisotopic (exact) mass is 248 g/mol. The van der Waals surface area contributed by atoms with Crippen LogP contribution in [-0.4, -0.2) is 19.0 Å². The Morgan fingerprint density at radius 2 is 2.22 bits per heavy atom. The highest BCUT2D eigenvalue weighted by Crippen LogP contribution is 2.10. The second-order valence-electron chi connectivity index (χ2n) is 4.30. The number of benzene rings is 1. The first kappa shape index (κ1) is 14.2.